The number of likely N-dealkylation sites (N-methyl/N-ethyl adjacent to an activating group) is 1. The van der Waals surface area contributed by atoms with Crippen molar-refractivity contribution >= 4 is 17.3 Å². The SMILES string of the molecule is CCN1CCN(C(=O)CCc2c(-c3ccccc3)nc3ccc(-c4ccc(C(C)=O)cc4)cn23)CC1. The second kappa shape index (κ2) is 10.5. The van der Waals surface area contributed by atoms with Gasteiger partial charge in [0.1, 0.15) is 5.65 Å². The third-order valence-electron chi connectivity index (χ3n) is 7.14. The average Bonchev–Trinajstić information content (AvgIpc) is 3.30. The third kappa shape index (κ3) is 4.95. The Balaban J connectivity index is 1.46. The van der Waals surface area contributed by atoms with Crippen molar-refractivity contribution in [2.75, 3.05) is 32.7 Å². The van der Waals surface area contributed by atoms with Crippen molar-refractivity contribution in [1.29, 1.82) is 0 Å². The van der Waals surface area contributed by atoms with Crippen LogP contribution in [0.5, 0.6) is 0 Å². The zero-order chi connectivity index (χ0) is 25.1. The van der Waals surface area contributed by atoms with Crippen LogP contribution in [0.3, 0.4) is 0 Å². The Morgan fingerprint density at radius 2 is 1.53 bits per heavy atom. The van der Waals surface area contributed by atoms with Crippen molar-refractivity contribution in [1.82, 2.24) is 19.2 Å². The summed E-state index contributed by atoms with van der Waals surface area (Å²) in [7, 11) is 0. The minimum absolute atomic E-state index is 0.0576. The molecule has 5 rings (SSSR count). The van der Waals surface area contributed by atoms with Crippen molar-refractivity contribution in [3.05, 3.63) is 84.2 Å². The van der Waals surface area contributed by atoms with Crippen LogP contribution in [0.25, 0.3) is 28.0 Å². The lowest BCUT2D eigenvalue weighted by Crippen LogP contribution is -2.48. The summed E-state index contributed by atoms with van der Waals surface area (Å²) in [6, 6.07) is 21.9. The number of ketones is 1. The Morgan fingerprint density at radius 3 is 2.19 bits per heavy atom. The number of benzene rings is 2. The molecule has 0 radical (unpaired) electrons. The van der Waals surface area contributed by atoms with Crippen molar-refractivity contribution in [2.45, 2.75) is 26.7 Å². The van der Waals surface area contributed by atoms with Crippen molar-refractivity contribution in [3.8, 4) is 22.4 Å². The molecule has 0 atom stereocenters. The molecule has 0 N–H and O–H groups in total. The lowest BCUT2D eigenvalue weighted by molar-refractivity contribution is -0.132. The molecule has 0 saturated carbocycles. The summed E-state index contributed by atoms with van der Waals surface area (Å²) in [6.45, 7) is 8.26. The van der Waals surface area contributed by atoms with E-state index in [2.05, 4.69) is 40.6 Å². The topological polar surface area (TPSA) is 57.9 Å². The van der Waals surface area contributed by atoms with Crippen molar-refractivity contribution in [2.24, 2.45) is 0 Å². The van der Waals surface area contributed by atoms with E-state index in [4.69, 9.17) is 4.98 Å². The summed E-state index contributed by atoms with van der Waals surface area (Å²) < 4.78 is 2.12. The van der Waals surface area contributed by atoms with Crippen LogP contribution in [0.1, 0.15) is 36.3 Å². The predicted molar refractivity (Wildman–Crippen MR) is 143 cm³/mol. The third-order valence-corrected chi connectivity index (χ3v) is 7.14. The molecule has 0 bridgehead atoms. The van der Waals surface area contributed by atoms with Gasteiger partial charge in [-0.25, -0.2) is 4.98 Å². The predicted octanol–water partition coefficient (Wildman–Crippen LogP) is 4.97. The molecule has 36 heavy (non-hydrogen) atoms. The second-order valence-electron chi connectivity index (χ2n) is 9.37. The highest BCUT2D eigenvalue weighted by Gasteiger charge is 2.22. The number of pyridine rings is 1. The molecule has 1 saturated heterocycles. The molecule has 6 nitrogen and oxygen atoms in total. The number of aryl methyl sites for hydroxylation is 1. The zero-order valence-electron chi connectivity index (χ0n) is 21.0. The molecule has 184 valence electrons. The highest BCUT2D eigenvalue weighted by Crippen LogP contribution is 2.28. The lowest BCUT2D eigenvalue weighted by atomic mass is 10.0. The number of imidazole rings is 1. The minimum atomic E-state index is 0.0576. The van der Waals surface area contributed by atoms with Gasteiger partial charge in [0.25, 0.3) is 0 Å². The Morgan fingerprint density at radius 1 is 0.833 bits per heavy atom. The van der Waals surface area contributed by atoms with Crippen LogP contribution >= 0.6 is 0 Å². The van der Waals surface area contributed by atoms with Crippen molar-refractivity contribution in [3.63, 3.8) is 0 Å². The summed E-state index contributed by atoms with van der Waals surface area (Å²) >= 11 is 0. The largest absolute Gasteiger partial charge is 0.340 e. The minimum Gasteiger partial charge on any atom is -0.340 e. The number of piperazine rings is 1. The molecular formula is C30H32N4O2. The smallest absolute Gasteiger partial charge is 0.223 e. The van der Waals surface area contributed by atoms with E-state index in [1.807, 2.05) is 53.4 Å². The number of nitrogens with zero attached hydrogens (tertiary/aromatic N) is 4. The zero-order valence-corrected chi connectivity index (χ0v) is 21.0. The summed E-state index contributed by atoms with van der Waals surface area (Å²) in [5.74, 6) is 0.262. The van der Waals surface area contributed by atoms with E-state index in [1.54, 1.807) is 6.92 Å². The second-order valence-corrected chi connectivity index (χ2v) is 9.37. The molecule has 1 amide bonds. The first-order valence-electron chi connectivity index (χ1n) is 12.7. The normalized spacial score (nSPS) is 14.3. The molecular weight excluding hydrogens is 448 g/mol. The molecule has 2 aromatic heterocycles. The van der Waals surface area contributed by atoms with Gasteiger partial charge in [-0.3, -0.25) is 9.59 Å². The van der Waals surface area contributed by atoms with Crippen LogP contribution in [-0.4, -0.2) is 63.6 Å². The number of carbonyl (C=O) groups excluding carboxylic acids is 2. The van der Waals surface area contributed by atoms with E-state index in [0.717, 1.165) is 66.4 Å². The standard InChI is InChI=1S/C30H32N4O2/c1-3-32-17-19-33(20-18-32)29(36)16-14-27-30(25-7-5-4-6-8-25)31-28-15-13-26(21-34(27)28)24-11-9-23(10-12-24)22(2)35/h4-13,15,21H,3,14,16-20H2,1-2H3. The van der Waals surface area contributed by atoms with Gasteiger partial charge in [-0.15, -0.1) is 0 Å². The quantitative estimate of drug-likeness (QED) is 0.351. The van der Waals surface area contributed by atoms with Gasteiger partial charge in [-0.05, 0) is 43.1 Å². The average molecular weight is 481 g/mol. The fraction of sp³-hybridized carbons (Fsp3) is 0.300. The van der Waals surface area contributed by atoms with Gasteiger partial charge in [0.05, 0.1) is 11.4 Å². The molecule has 0 spiro atoms. The number of rotatable bonds is 7. The van der Waals surface area contributed by atoms with Crippen molar-refractivity contribution < 1.29 is 9.59 Å². The van der Waals surface area contributed by atoms with Crippen LogP contribution < -0.4 is 0 Å². The highest BCUT2D eigenvalue weighted by molar-refractivity contribution is 5.94. The van der Waals surface area contributed by atoms with Crippen LogP contribution in [0.2, 0.25) is 0 Å². The van der Waals surface area contributed by atoms with Gasteiger partial charge < -0.3 is 14.2 Å². The van der Waals surface area contributed by atoms with E-state index in [0.29, 0.717) is 18.4 Å². The fourth-order valence-corrected chi connectivity index (χ4v) is 4.92. The molecule has 0 unspecified atom stereocenters. The molecule has 2 aromatic carbocycles. The van der Waals surface area contributed by atoms with E-state index >= 15 is 0 Å². The fourth-order valence-electron chi connectivity index (χ4n) is 4.92. The van der Waals surface area contributed by atoms with E-state index in [9.17, 15) is 9.59 Å². The Labute approximate surface area is 212 Å². The highest BCUT2D eigenvalue weighted by atomic mass is 16.2. The number of carbonyl (C=O) groups is 2. The van der Waals surface area contributed by atoms with Gasteiger partial charge >= 0.3 is 0 Å². The van der Waals surface area contributed by atoms with Crippen LogP contribution in [0, 0.1) is 0 Å². The molecule has 6 heteroatoms. The van der Waals surface area contributed by atoms with Gasteiger partial charge in [0.2, 0.25) is 5.91 Å². The van der Waals surface area contributed by atoms with Gasteiger partial charge in [0.15, 0.2) is 5.78 Å². The van der Waals surface area contributed by atoms with Crippen LogP contribution in [0.4, 0.5) is 0 Å². The Kier molecular flexibility index (Phi) is 6.96. The maximum Gasteiger partial charge on any atom is 0.223 e. The molecule has 0 aliphatic carbocycles. The van der Waals surface area contributed by atoms with Gasteiger partial charge in [0, 0.05) is 49.9 Å². The van der Waals surface area contributed by atoms with Crippen LogP contribution in [-0.2, 0) is 11.2 Å². The van der Waals surface area contributed by atoms with E-state index in [1.165, 1.54) is 0 Å². The first-order valence-corrected chi connectivity index (χ1v) is 12.7. The van der Waals surface area contributed by atoms with Crippen LogP contribution in [0.15, 0.2) is 72.9 Å². The van der Waals surface area contributed by atoms with Gasteiger partial charge in [-0.1, -0.05) is 61.5 Å². The van der Waals surface area contributed by atoms with Gasteiger partial charge in [-0.2, -0.15) is 0 Å². The maximum absolute atomic E-state index is 13.1. The van der Waals surface area contributed by atoms with E-state index < -0.39 is 0 Å². The lowest BCUT2D eigenvalue weighted by Gasteiger charge is -2.34. The number of fused-ring (bicyclic) bond motifs is 1. The molecule has 1 aliphatic rings. The Hall–Kier alpha value is -3.77. The number of amides is 1. The molecule has 1 fully saturated rings. The molecule has 4 aromatic rings. The number of hydrogen-bond acceptors (Lipinski definition) is 4. The number of aromatic nitrogens is 2. The summed E-state index contributed by atoms with van der Waals surface area (Å²) in [5, 5.41) is 0. The monoisotopic (exact) mass is 480 g/mol. The molecule has 1 aliphatic heterocycles. The number of Topliss-reactive ketones (excluding diaryl/α,β-unsaturated/α-hetero) is 1. The summed E-state index contributed by atoms with van der Waals surface area (Å²) in [6.07, 6.45) is 3.17. The molecule has 3 heterocycles. The maximum atomic E-state index is 13.1. The summed E-state index contributed by atoms with van der Waals surface area (Å²) in [4.78, 5) is 34.1. The first kappa shape index (κ1) is 23.9. The first-order chi connectivity index (χ1) is 17.5. The Bertz CT molecular complexity index is 1370. The number of hydrogen-bond donors (Lipinski definition) is 0. The van der Waals surface area contributed by atoms with E-state index in [-0.39, 0.29) is 11.7 Å². The summed E-state index contributed by atoms with van der Waals surface area (Å²) in [5.41, 5.74) is 6.64.